The minimum absolute atomic E-state index is 0. The molecule has 4 aromatic rings. The quantitative estimate of drug-likeness (QED) is 0.0939. The van der Waals surface area contributed by atoms with Crippen molar-refractivity contribution in [3.8, 4) is 23.0 Å². The Balaban J connectivity index is -0.0000000822. The minimum atomic E-state index is -4.94. The second kappa shape index (κ2) is 56.8. The van der Waals surface area contributed by atoms with Crippen molar-refractivity contribution < 1.29 is 190 Å². The van der Waals surface area contributed by atoms with E-state index in [-0.39, 0.29) is 129 Å². The van der Waals surface area contributed by atoms with Crippen LogP contribution in [0.15, 0.2) is 117 Å². The van der Waals surface area contributed by atoms with E-state index >= 15 is 0 Å². The Morgan fingerprint density at radius 1 is 0.357 bits per heavy atom. The number of halogens is 2. The van der Waals surface area contributed by atoms with Crippen LogP contribution in [-0.4, -0.2) is 124 Å². The van der Waals surface area contributed by atoms with Crippen LogP contribution in [0.1, 0.15) is 77.6 Å². The van der Waals surface area contributed by atoms with Crippen molar-refractivity contribution in [2.45, 2.75) is 77.5 Å². The third-order valence-electron chi connectivity index (χ3n) is 7.30. The number of rotatable bonds is 12. The SMILES string of the molecule is CC(C)(C[O-])N=Cc1ccccc1[O-].CC(C)(C[O-])N=Cc1ccccc1[O-].CC(C)(C[O-])N=Cc1ccccc1[O-].CC(C)(C[O-])N=Cc1ccccc1[O-].CS(C)=O.CS(C)=O.CS(C)=O.[Mn+3].[Mn+3].[Mn].[Mn].[O-2].[O-2].[O-][Cl+3]([O-])([O-])[O-].[O-][Cl+3]([O-])([O-])[O-]. The van der Waals surface area contributed by atoms with E-state index in [4.69, 9.17) is 37.3 Å². The molecule has 0 saturated carbocycles. The maximum atomic E-state index is 11.3. The minimum Gasteiger partial charge on any atom is -2.00 e. The molecule has 0 bridgehead atoms. The van der Waals surface area contributed by atoms with Crippen LogP contribution in [0, 0.1) is 20.5 Å². The summed E-state index contributed by atoms with van der Waals surface area (Å²) in [7, 11) is -11.7. The number of hydrogen-bond acceptors (Lipinski definition) is 23. The standard InChI is InChI=1S/4C11H14NO2.3C2H6OS.2ClHO4.4Mn.2O/c4*1-11(2,8-13)12-7-9-5-3-4-6-10(9)14;3*1-4(2)3;2*2-1(3,4)5;;;;;;/h4*3-7,14H,8H2,1-2H3;3*1-2H3;2*(H,2,3,4,5);;;;;;/q4*-1;;;;;;;;2*+3;2*-2/p-6. The van der Waals surface area contributed by atoms with E-state index in [0.717, 1.165) is 0 Å². The van der Waals surface area contributed by atoms with Crippen LogP contribution in [-0.2, 0) is 112 Å². The molecule has 34 heteroatoms. The van der Waals surface area contributed by atoms with Gasteiger partial charge in [-0.05, 0) is 77.6 Å². The van der Waals surface area contributed by atoms with Crippen molar-refractivity contribution in [1.82, 2.24) is 0 Å². The van der Waals surface area contributed by atoms with Gasteiger partial charge in [0.25, 0.3) is 0 Å². The maximum absolute atomic E-state index is 11.3. The number of para-hydroxylation sites is 4. The van der Waals surface area contributed by atoms with E-state index in [2.05, 4.69) is 20.0 Å². The predicted octanol–water partition coefficient (Wildman–Crippen LogP) is -8.50. The molecule has 0 heterocycles. The monoisotopic (exact) mass is 1450 g/mol. The summed E-state index contributed by atoms with van der Waals surface area (Å²) in [5.74, 6) is -0.285. The summed E-state index contributed by atoms with van der Waals surface area (Å²) < 4.78 is 96.6. The van der Waals surface area contributed by atoms with E-state index in [1.807, 2.05) is 0 Å². The zero-order chi connectivity index (χ0) is 62.1. The third-order valence-corrected chi connectivity index (χ3v) is 7.30. The molecule has 484 valence electrons. The zero-order valence-corrected chi connectivity index (χ0v) is 56.9. The van der Waals surface area contributed by atoms with Crippen LogP contribution in [0.2, 0.25) is 0 Å². The first-order valence-electron chi connectivity index (χ1n) is 22.0. The molecule has 0 aliphatic carbocycles. The fraction of sp³-hybridized carbons (Fsp3) is 0.440. The average molecular weight is 1450 g/mol. The fourth-order valence-corrected chi connectivity index (χ4v) is 3.47. The van der Waals surface area contributed by atoms with Crippen molar-refractivity contribution >= 4 is 57.3 Å². The summed E-state index contributed by atoms with van der Waals surface area (Å²) in [6.07, 6.45) is 15.7. The molecular formula is C50H70Cl2Mn4N4O21S3-8. The van der Waals surface area contributed by atoms with E-state index < -0.39 is 75.0 Å². The van der Waals surface area contributed by atoms with Crippen molar-refractivity contribution in [3.63, 3.8) is 0 Å². The van der Waals surface area contributed by atoms with Crippen LogP contribution >= 0.6 is 0 Å². The van der Waals surface area contributed by atoms with Gasteiger partial charge in [0, 0.05) is 151 Å². The third kappa shape index (κ3) is 81.4. The molecule has 0 atom stereocenters. The van der Waals surface area contributed by atoms with E-state index in [1.165, 1.54) is 49.1 Å². The first-order valence-corrected chi connectivity index (χ1v) is 30.3. The normalized spacial score (nSPS) is 10.8. The first-order chi connectivity index (χ1) is 35.4. The molecule has 0 N–H and O–H groups in total. The molecule has 0 aliphatic rings. The molecular weight excluding hydrogens is 1380 g/mol. The number of aliphatic imine (C=N–C) groups is 4. The van der Waals surface area contributed by atoms with Crippen LogP contribution in [0.3, 0.4) is 0 Å². The molecule has 0 aliphatic heterocycles. The second-order valence-corrected chi connectivity index (χ2v) is 24.0. The van der Waals surface area contributed by atoms with Crippen molar-refractivity contribution in [1.29, 1.82) is 0 Å². The van der Waals surface area contributed by atoms with E-state index in [0.29, 0.717) is 22.3 Å². The Hall–Kier alpha value is -2.69. The number of benzene rings is 4. The van der Waals surface area contributed by atoms with Gasteiger partial charge in [-0.1, -0.05) is 97.1 Å². The molecule has 0 fully saturated rings. The van der Waals surface area contributed by atoms with Gasteiger partial charge in [0.2, 0.25) is 0 Å². The van der Waals surface area contributed by atoms with Crippen molar-refractivity contribution in [2.75, 3.05) is 64.0 Å². The Bertz CT molecular complexity index is 2110. The van der Waals surface area contributed by atoms with Crippen LogP contribution < -0.4 is 78.1 Å². The second-order valence-electron chi connectivity index (χ2n) is 18.0. The summed E-state index contributed by atoms with van der Waals surface area (Å²) in [5.41, 5.74) is -0.458. The van der Waals surface area contributed by atoms with Gasteiger partial charge in [-0.3, -0.25) is 32.6 Å². The Morgan fingerprint density at radius 2 is 0.464 bits per heavy atom. The summed E-state index contributed by atoms with van der Waals surface area (Å²) in [4.78, 5) is 16.3. The smallest absolute Gasteiger partial charge is 2.00 e. The summed E-state index contributed by atoms with van der Waals surface area (Å²) in [6, 6.07) is 26.5. The van der Waals surface area contributed by atoms with Crippen molar-refractivity contribution in [3.05, 3.63) is 119 Å². The molecule has 0 aromatic heterocycles. The molecule has 0 spiro atoms. The van der Waals surface area contributed by atoms with Gasteiger partial charge in [0.15, 0.2) is 0 Å². The number of hydrogen-bond donors (Lipinski definition) is 0. The molecule has 2 radical (unpaired) electrons. The predicted molar refractivity (Wildman–Crippen MR) is 271 cm³/mol. The maximum Gasteiger partial charge on any atom is 3.00 e. The van der Waals surface area contributed by atoms with Crippen molar-refractivity contribution in [2.24, 2.45) is 20.0 Å². The first kappa shape index (κ1) is 106. The fourth-order valence-electron chi connectivity index (χ4n) is 3.47. The molecule has 4 rings (SSSR count). The van der Waals surface area contributed by atoms with Gasteiger partial charge < -0.3 is 51.8 Å². The molecule has 25 nitrogen and oxygen atoms in total. The molecule has 0 amide bonds. The molecule has 84 heavy (non-hydrogen) atoms. The topological polar surface area (TPSA) is 527 Å². The van der Waals surface area contributed by atoms with Gasteiger partial charge in [0.1, 0.15) is 0 Å². The van der Waals surface area contributed by atoms with Gasteiger partial charge in [-0.2, -0.15) is 0 Å². The van der Waals surface area contributed by atoms with E-state index in [1.54, 1.807) is 166 Å². The van der Waals surface area contributed by atoms with Gasteiger partial charge >= 0.3 is 34.1 Å². The summed E-state index contributed by atoms with van der Waals surface area (Å²) >= 11 is 0. The molecule has 4 aromatic carbocycles. The average Bonchev–Trinajstić information content (AvgIpc) is 3.30. The molecule has 0 unspecified atom stereocenters. The van der Waals surface area contributed by atoms with Gasteiger partial charge in [-0.25, -0.2) is 37.3 Å². The van der Waals surface area contributed by atoms with Crippen LogP contribution in [0.4, 0.5) is 0 Å². The van der Waals surface area contributed by atoms with Gasteiger partial charge in [0.05, 0.1) is 0 Å². The molecule has 0 saturated heterocycles. The summed E-state index contributed by atoms with van der Waals surface area (Å²) in [6.45, 7) is 12.8. The zero-order valence-electron chi connectivity index (χ0n) is 48.2. The van der Waals surface area contributed by atoms with Gasteiger partial charge in [-0.15, -0.1) is 69.9 Å². The van der Waals surface area contributed by atoms with E-state index in [9.17, 15) is 53.5 Å². The summed E-state index contributed by atoms with van der Waals surface area (Å²) in [5, 5.41) is 87.7. The Morgan fingerprint density at radius 3 is 0.560 bits per heavy atom. The van der Waals surface area contributed by atoms with Crippen LogP contribution in [0.5, 0.6) is 23.0 Å². The number of nitrogens with zero attached hydrogens (tertiary/aromatic N) is 4. The van der Waals surface area contributed by atoms with Crippen LogP contribution in [0.25, 0.3) is 0 Å². The Kier molecular flexibility index (Phi) is 71.7. The largest absolute Gasteiger partial charge is 3.00 e. The Labute approximate surface area is 547 Å².